The summed E-state index contributed by atoms with van der Waals surface area (Å²) >= 11 is 0. The molecule has 4 nitrogen and oxygen atoms in total. The fraction of sp³-hybridized carbons (Fsp3) is 0.800. The summed E-state index contributed by atoms with van der Waals surface area (Å²) in [6.07, 6.45) is 0. The van der Waals surface area contributed by atoms with E-state index in [-0.39, 0.29) is 6.03 Å². The number of hydrogen-bond acceptors (Lipinski definition) is 2. The van der Waals surface area contributed by atoms with Crippen LogP contribution in [0.4, 0.5) is 4.79 Å². The van der Waals surface area contributed by atoms with Crippen LogP contribution in [0.3, 0.4) is 0 Å². The molecule has 1 saturated heterocycles. The zero-order chi connectivity index (χ0) is 6.69. The molecular formula is C5H12N3O+. The molecule has 4 heteroatoms. The predicted octanol–water partition coefficient (Wildman–Crippen LogP) is -1.75. The topological polar surface area (TPSA) is 60.0 Å². The molecule has 1 fully saturated rings. The van der Waals surface area contributed by atoms with Gasteiger partial charge in [-0.15, -0.1) is 0 Å². The molecule has 0 aromatic rings. The van der Waals surface area contributed by atoms with Gasteiger partial charge in [0.25, 0.3) is 0 Å². The molecule has 0 bridgehead atoms. The van der Waals surface area contributed by atoms with E-state index in [9.17, 15) is 4.79 Å². The Kier molecular flexibility index (Phi) is 2.02. The Morgan fingerprint density at radius 3 is 2.33 bits per heavy atom. The van der Waals surface area contributed by atoms with Crippen molar-refractivity contribution in [2.24, 2.45) is 0 Å². The summed E-state index contributed by atoms with van der Waals surface area (Å²) in [7, 11) is 0. The summed E-state index contributed by atoms with van der Waals surface area (Å²) in [5.41, 5.74) is 3.32. The van der Waals surface area contributed by atoms with Crippen molar-refractivity contribution in [1.82, 2.24) is 10.2 Å². The van der Waals surface area contributed by atoms with E-state index >= 15 is 0 Å². The Balaban J connectivity index is 2.31. The Morgan fingerprint density at radius 1 is 1.44 bits per heavy atom. The van der Waals surface area contributed by atoms with Crippen LogP contribution in [0.5, 0.6) is 0 Å². The van der Waals surface area contributed by atoms with E-state index < -0.39 is 0 Å². The van der Waals surface area contributed by atoms with Crippen molar-refractivity contribution in [2.75, 3.05) is 26.2 Å². The van der Waals surface area contributed by atoms with Gasteiger partial charge >= 0.3 is 6.03 Å². The molecule has 0 aromatic carbocycles. The van der Waals surface area contributed by atoms with Gasteiger partial charge in [0.05, 0.1) is 0 Å². The maximum atomic E-state index is 10.6. The molecule has 0 aliphatic carbocycles. The second kappa shape index (κ2) is 2.80. The van der Waals surface area contributed by atoms with Crippen LogP contribution in [0.2, 0.25) is 0 Å². The molecule has 0 radical (unpaired) electrons. The average molecular weight is 130 g/mol. The van der Waals surface area contributed by atoms with Crippen molar-refractivity contribution in [3.8, 4) is 0 Å². The minimum absolute atomic E-state index is 0.0588. The summed E-state index contributed by atoms with van der Waals surface area (Å²) in [6.45, 7) is 3.42. The molecule has 0 atom stereocenters. The van der Waals surface area contributed by atoms with E-state index in [1.54, 1.807) is 4.90 Å². The lowest BCUT2D eigenvalue weighted by atomic mass is 10.4. The smallest absolute Gasteiger partial charge is 0.313 e. The number of carbonyl (C=O) groups excluding carboxylic acids is 1. The van der Waals surface area contributed by atoms with Crippen LogP contribution in [-0.2, 0) is 0 Å². The molecule has 0 spiro atoms. The zero-order valence-corrected chi connectivity index (χ0v) is 5.39. The second-order valence-corrected chi connectivity index (χ2v) is 2.13. The number of urea groups is 1. The van der Waals surface area contributed by atoms with E-state index in [0.717, 1.165) is 26.2 Å². The lowest BCUT2D eigenvalue weighted by molar-refractivity contribution is -0.266. The first kappa shape index (κ1) is 6.51. The number of carbonyl (C=O) groups is 1. The Labute approximate surface area is 54.0 Å². The third-order valence-electron chi connectivity index (χ3n) is 1.47. The summed E-state index contributed by atoms with van der Waals surface area (Å²) < 4.78 is 0. The number of quaternary nitrogens is 1. The van der Waals surface area contributed by atoms with Crippen LogP contribution in [0.25, 0.3) is 0 Å². The predicted molar refractivity (Wildman–Crippen MR) is 32.7 cm³/mol. The van der Waals surface area contributed by atoms with Crippen molar-refractivity contribution in [2.45, 2.75) is 0 Å². The van der Waals surface area contributed by atoms with Gasteiger partial charge in [-0.2, -0.15) is 0 Å². The fourth-order valence-corrected chi connectivity index (χ4v) is 0.914. The quantitative estimate of drug-likeness (QED) is 0.408. The van der Waals surface area contributed by atoms with Crippen molar-refractivity contribution in [1.29, 1.82) is 0 Å². The first-order valence-electron chi connectivity index (χ1n) is 3.12. The lowest BCUT2D eigenvalue weighted by Gasteiger charge is -2.22. The monoisotopic (exact) mass is 130 g/mol. The first-order valence-corrected chi connectivity index (χ1v) is 3.12. The van der Waals surface area contributed by atoms with Gasteiger partial charge in [-0.05, 0) is 0 Å². The summed E-state index contributed by atoms with van der Waals surface area (Å²) in [5.74, 6) is 0. The Hall–Kier alpha value is -0.610. The lowest BCUT2D eigenvalue weighted by Crippen LogP contribution is -2.66. The summed E-state index contributed by atoms with van der Waals surface area (Å²) in [4.78, 5) is 12.3. The highest BCUT2D eigenvalue weighted by Crippen LogP contribution is 1.87. The first-order chi connectivity index (χ1) is 4.30. The number of amides is 2. The van der Waals surface area contributed by atoms with Crippen LogP contribution in [0.1, 0.15) is 0 Å². The third-order valence-corrected chi connectivity index (χ3v) is 1.47. The van der Waals surface area contributed by atoms with Gasteiger partial charge in [-0.1, -0.05) is 0 Å². The number of rotatable bonds is 0. The second-order valence-electron chi connectivity index (χ2n) is 2.13. The largest absolute Gasteiger partial charge is 0.414 e. The molecule has 1 aliphatic rings. The summed E-state index contributed by atoms with van der Waals surface area (Å²) in [6, 6.07) is -0.0588. The molecule has 2 amide bonds. The van der Waals surface area contributed by atoms with Crippen LogP contribution >= 0.6 is 0 Å². The van der Waals surface area contributed by atoms with Crippen molar-refractivity contribution in [3.63, 3.8) is 0 Å². The van der Waals surface area contributed by atoms with Gasteiger partial charge < -0.3 is 5.32 Å². The third kappa shape index (κ3) is 1.65. The number of hydrogen-bond donors (Lipinski definition) is 2. The Morgan fingerprint density at radius 2 is 2.00 bits per heavy atom. The van der Waals surface area contributed by atoms with E-state index in [0.29, 0.717) is 0 Å². The number of nitrogens with zero attached hydrogens (tertiary/aromatic N) is 1. The molecule has 4 N–H and O–H groups in total. The molecule has 1 aliphatic heterocycles. The van der Waals surface area contributed by atoms with Crippen molar-refractivity contribution >= 4 is 6.03 Å². The van der Waals surface area contributed by atoms with E-state index in [1.165, 1.54) is 0 Å². The van der Waals surface area contributed by atoms with Gasteiger partial charge in [0.15, 0.2) is 0 Å². The highest BCUT2D eigenvalue weighted by Gasteiger charge is 2.14. The van der Waals surface area contributed by atoms with Crippen LogP contribution < -0.4 is 11.1 Å². The minimum Gasteiger partial charge on any atom is -0.313 e. The van der Waals surface area contributed by atoms with Gasteiger partial charge in [0.1, 0.15) is 0 Å². The van der Waals surface area contributed by atoms with Crippen molar-refractivity contribution in [3.05, 3.63) is 0 Å². The SMILES string of the molecule is [NH3+]C(=O)N1CCNCC1. The van der Waals surface area contributed by atoms with E-state index in [4.69, 9.17) is 0 Å². The van der Waals surface area contributed by atoms with Crippen molar-refractivity contribution < 1.29 is 10.5 Å². The van der Waals surface area contributed by atoms with Crippen LogP contribution in [0.15, 0.2) is 0 Å². The normalized spacial score (nSPS) is 19.9. The molecule has 1 rings (SSSR count). The van der Waals surface area contributed by atoms with Gasteiger partial charge in [0.2, 0.25) is 0 Å². The highest BCUT2D eigenvalue weighted by atomic mass is 16.2. The van der Waals surface area contributed by atoms with Gasteiger partial charge in [0, 0.05) is 26.2 Å². The number of nitrogens with one attached hydrogen (secondary N) is 1. The average Bonchev–Trinajstić information content (AvgIpc) is 1.90. The Bertz CT molecular complexity index is 109. The van der Waals surface area contributed by atoms with Gasteiger partial charge in [-0.3, -0.25) is 10.6 Å². The van der Waals surface area contributed by atoms with Gasteiger partial charge in [-0.25, -0.2) is 4.79 Å². The molecule has 52 valence electrons. The highest BCUT2D eigenvalue weighted by molar-refractivity contribution is 5.62. The molecule has 0 unspecified atom stereocenters. The zero-order valence-electron chi connectivity index (χ0n) is 5.39. The maximum Gasteiger partial charge on any atom is 0.414 e. The molecular weight excluding hydrogens is 118 g/mol. The maximum absolute atomic E-state index is 10.6. The summed E-state index contributed by atoms with van der Waals surface area (Å²) in [5, 5.41) is 3.15. The fourth-order valence-electron chi connectivity index (χ4n) is 0.914. The van der Waals surface area contributed by atoms with E-state index in [1.807, 2.05) is 0 Å². The molecule has 0 saturated carbocycles. The van der Waals surface area contributed by atoms with Crippen LogP contribution in [0, 0.1) is 0 Å². The van der Waals surface area contributed by atoms with E-state index in [2.05, 4.69) is 11.1 Å². The molecule has 0 aromatic heterocycles. The molecule has 9 heavy (non-hydrogen) atoms. The minimum atomic E-state index is -0.0588. The standard InChI is InChI=1S/C5H11N3O/c6-5(9)8-3-1-7-2-4-8/h7H,1-4H2,(H2,6,9)/p+1. The number of piperazine rings is 1. The van der Waals surface area contributed by atoms with Crippen LogP contribution in [-0.4, -0.2) is 37.1 Å². The molecule has 1 heterocycles.